The Labute approximate surface area is 121 Å². The fraction of sp³-hybridized carbons (Fsp3) is 0.429. The van der Waals surface area contributed by atoms with E-state index in [0.29, 0.717) is 12.5 Å². The van der Waals surface area contributed by atoms with Gasteiger partial charge in [0, 0.05) is 25.5 Å². The SMILES string of the molecule is CC(C)Cn1ccnc(NCC(O)c2ccsc2)c1=O. The molecule has 0 aliphatic carbocycles. The van der Waals surface area contributed by atoms with Gasteiger partial charge in [0.25, 0.3) is 5.56 Å². The second-order valence-electron chi connectivity index (χ2n) is 5.08. The number of nitrogens with one attached hydrogen (secondary N) is 1. The van der Waals surface area contributed by atoms with Crippen molar-refractivity contribution >= 4 is 17.2 Å². The number of nitrogens with zero attached hydrogens (tertiary/aromatic N) is 2. The van der Waals surface area contributed by atoms with Gasteiger partial charge in [0.05, 0.1) is 6.10 Å². The highest BCUT2D eigenvalue weighted by Gasteiger charge is 2.10. The molecule has 0 amide bonds. The number of aliphatic hydroxyl groups excluding tert-OH is 1. The molecule has 108 valence electrons. The third kappa shape index (κ3) is 3.68. The zero-order valence-corrected chi connectivity index (χ0v) is 12.4. The van der Waals surface area contributed by atoms with Gasteiger partial charge in [0.1, 0.15) is 0 Å². The summed E-state index contributed by atoms with van der Waals surface area (Å²) in [5.41, 5.74) is 0.694. The first-order valence-corrected chi connectivity index (χ1v) is 7.51. The lowest BCUT2D eigenvalue weighted by Gasteiger charge is -2.13. The molecule has 6 heteroatoms. The maximum Gasteiger partial charge on any atom is 0.293 e. The van der Waals surface area contributed by atoms with Gasteiger partial charge in [-0.25, -0.2) is 4.98 Å². The van der Waals surface area contributed by atoms with Crippen LogP contribution in [0, 0.1) is 5.92 Å². The van der Waals surface area contributed by atoms with Crippen LogP contribution in [0.25, 0.3) is 0 Å². The van der Waals surface area contributed by atoms with Gasteiger partial charge in [0.15, 0.2) is 5.82 Å². The zero-order chi connectivity index (χ0) is 14.5. The molecule has 0 spiro atoms. The van der Waals surface area contributed by atoms with Crippen LogP contribution < -0.4 is 10.9 Å². The number of hydrogen-bond acceptors (Lipinski definition) is 5. The first-order chi connectivity index (χ1) is 9.58. The van der Waals surface area contributed by atoms with E-state index in [4.69, 9.17) is 0 Å². The number of hydrogen-bond donors (Lipinski definition) is 2. The molecular weight excluding hydrogens is 274 g/mol. The van der Waals surface area contributed by atoms with Crippen LogP contribution in [0.15, 0.2) is 34.0 Å². The number of thiophene rings is 1. The Hall–Kier alpha value is -1.66. The van der Waals surface area contributed by atoms with E-state index in [1.54, 1.807) is 17.0 Å². The summed E-state index contributed by atoms with van der Waals surface area (Å²) in [6.07, 6.45) is 2.65. The Kier molecular flexibility index (Phi) is 4.92. The van der Waals surface area contributed by atoms with Gasteiger partial charge in [-0.3, -0.25) is 4.79 Å². The monoisotopic (exact) mass is 293 g/mol. The van der Waals surface area contributed by atoms with Crippen molar-refractivity contribution in [1.29, 1.82) is 0 Å². The Bertz CT molecular complexity index is 593. The molecule has 0 saturated heterocycles. The van der Waals surface area contributed by atoms with Crippen LogP contribution in [-0.4, -0.2) is 21.2 Å². The lowest BCUT2D eigenvalue weighted by Crippen LogP contribution is -2.27. The summed E-state index contributed by atoms with van der Waals surface area (Å²) in [5, 5.41) is 16.7. The van der Waals surface area contributed by atoms with E-state index in [-0.39, 0.29) is 17.9 Å². The second-order valence-corrected chi connectivity index (χ2v) is 5.86. The van der Waals surface area contributed by atoms with Crippen LogP contribution in [0.3, 0.4) is 0 Å². The molecule has 0 bridgehead atoms. The van der Waals surface area contributed by atoms with Crippen molar-refractivity contribution in [2.45, 2.75) is 26.5 Å². The van der Waals surface area contributed by atoms with Gasteiger partial charge in [-0.1, -0.05) is 13.8 Å². The Morgan fingerprint density at radius 2 is 2.30 bits per heavy atom. The van der Waals surface area contributed by atoms with Crippen molar-refractivity contribution < 1.29 is 5.11 Å². The predicted octanol–water partition coefficient (Wildman–Crippen LogP) is 2.11. The van der Waals surface area contributed by atoms with E-state index in [2.05, 4.69) is 24.1 Å². The third-order valence-corrected chi connectivity index (χ3v) is 3.57. The van der Waals surface area contributed by atoms with Crippen LogP contribution in [0.5, 0.6) is 0 Å². The molecule has 1 unspecified atom stereocenters. The first-order valence-electron chi connectivity index (χ1n) is 6.57. The Balaban J connectivity index is 2.04. The summed E-state index contributed by atoms with van der Waals surface area (Å²) in [7, 11) is 0. The minimum absolute atomic E-state index is 0.154. The zero-order valence-electron chi connectivity index (χ0n) is 11.6. The molecule has 5 nitrogen and oxygen atoms in total. The van der Waals surface area contributed by atoms with Crippen molar-refractivity contribution in [3.05, 3.63) is 45.1 Å². The Morgan fingerprint density at radius 1 is 1.50 bits per heavy atom. The van der Waals surface area contributed by atoms with Crippen molar-refractivity contribution in [2.75, 3.05) is 11.9 Å². The number of aliphatic hydroxyl groups is 1. The van der Waals surface area contributed by atoms with Crippen LogP contribution >= 0.6 is 11.3 Å². The van der Waals surface area contributed by atoms with E-state index < -0.39 is 6.10 Å². The van der Waals surface area contributed by atoms with Gasteiger partial charge in [0.2, 0.25) is 0 Å². The summed E-state index contributed by atoms with van der Waals surface area (Å²) in [4.78, 5) is 16.2. The molecule has 1 atom stereocenters. The maximum atomic E-state index is 12.2. The van der Waals surface area contributed by atoms with Gasteiger partial charge >= 0.3 is 0 Å². The topological polar surface area (TPSA) is 67.2 Å². The van der Waals surface area contributed by atoms with E-state index in [0.717, 1.165) is 5.56 Å². The molecule has 2 rings (SSSR count). The molecule has 2 aromatic heterocycles. The lowest BCUT2D eigenvalue weighted by molar-refractivity contribution is 0.192. The Morgan fingerprint density at radius 3 is 2.95 bits per heavy atom. The second kappa shape index (κ2) is 6.67. The molecular formula is C14H19N3O2S. The van der Waals surface area contributed by atoms with Crippen LogP contribution in [0.2, 0.25) is 0 Å². The summed E-state index contributed by atoms with van der Waals surface area (Å²) >= 11 is 1.53. The van der Waals surface area contributed by atoms with Gasteiger partial charge in [-0.05, 0) is 28.3 Å². The highest BCUT2D eigenvalue weighted by atomic mass is 32.1. The molecule has 2 aromatic rings. The molecule has 0 radical (unpaired) electrons. The van der Waals surface area contributed by atoms with Crippen molar-refractivity contribution in [2.24, 2.45) is 5.92 Å². The lowest BCUT2D eigenvalue weighted by atomic mass is 10.2. The average Bonchev–Trinajstić information content (AvgIpc) is 2.93. The standard InChI is InChI=1S/C14H19N3O2S/c1-10(2)8-17-5-4-15-13(14(17)19)16-7-12(18)11-3-6-20-9-11/h3-6,9-10,12,18H,7-8H2,1-2H3,(H,15,16). The fourth-order valence-electron chi connectivity index (χ4n) is 1.88. The van der Waals surface area contributed by atoms with E-state index in [1.807, 2.05) is 16.8 Å². The summed E-state index contributed by atoms with van der Waals surface area (Å²) in [6, 6.07) is 1.87. The normalized spacial score (nSPS) is 12.6. The maximum absolute atomic E-state index is 12.2. The van der Waals surface area contributed by atoms with Crippen molar-refractivity contribution in [1.82, 2.24) is 9.55 Å². The fourth-order valence-corrected chi connectivity index (χ4v) is 2.59. The van der Waals surface area contributed by atoms with Gasteiger partial charge in [-0.15, -0.1) is 0 Å². The third-order valence-electron chi connectivity index (χ3n) is 2.87. The van der Waals surface area contributed by atoms with Gasteiger partial charge in [-0.2, -0.15) is 11.3 Å². The average molecular weight is 293 g/mol. The minimum atomic E-state index is -0.638. The quantitative estimate of drug-likeness (QED) is 0.856. The molecule has 0 saturated carbocycles. The number of anilines is 1. The van der Waals surface area contributed by atoms with Crippen molar-refractivity contribution in [3.63, 3.8) is 0 Å². The summed E-state index contributed by atoms with van der Waals surface area (Å²) in [5.74, 6) is 0.668. The molecule has 0 aromatic carbocycles. The highest BCUT2D eigenvalue weighted by molar-refractivity contribution is 7.07. The van der Waals surface area contributed by atoms with E-state index in [9.17, 15) is 9.90 Å². The molecule has 0 aliphatic heterocycles. The smallest absolute Gasteiger partial charge is 0.293 e. The molecule has 2 N–H and O–H groups in total. The molecule has 2 heterocycles. The first kappa shape index (κ1) is 14.7. The van der Waals surface area contributed by atoms with E-state index >= 15 is 0 Å². The number of rotatable bonds is 6. The molecule has 20 heavy (non-hydrogen) atoms. The van der Waals surface area contributed by atoms with Crippen LogP contribution in [0.4, 0.5) is 5.82 Å². The summed E-state index contributed by atoms with van der Waals surface area (Å²) < 4.78 is 1.64. The molecule has 0 fully saturated rings. The van der Waals surface area contributed by atoms with E-state index in [1.165, 1.54) is 11.3 Å². The minimum Gasteiger partial charge on any atom is -0.387 e. The summed E-state index contributed by atoms with van der Waals surface area (Å²) in [6.45, 7) is 5.04. The number of aromatic nitrogens is 2. The van der Waals surface area contributed by atoms with Crippen LogP contribution in [0.1, 0.15) is 25.5 Å². The highest BCUT2D eigenvalue weighted by Crippen LogP contribution is 2.16. The van der Waals surface area contributed by atoms with Gasteiger partial charge < -0.3 is 15.0 Å². The van der Waals surface area contributed by atoms with Crippen molar-refractivity contribution in [3.8, 4) is 0 Å². The molecule has 0 aliphatic rings. The van der Waals surface area contributed by atoms with Crippen LogP contribution in [-0.2, 0) is 6.54 Å². The predicted molar refractivity (Wildman–Crippen MR) is 81.1 cm³/mol. The largest absolute Gasteiger partial charge is 0.387 e.